The van der Waals surface area contributed by atoms with Crippen molar-refractivity contribution in [2.75, 3.05) is 19.6 Å². The summed E-state index contributed by atoms with van der Waals surface area (Å²) in [4.78, 5) is 16.0. The summed E-state index contributed by atoms with van der Waals surface area (Å²) in [6, 6.07) is 14.4. The molecule has 0 bridgehead atoms. The lowest BCUT2D eigenvalue weighted by atomic mass is 10.0. The second kappa shape index (κ2) is 8.06. The molecule has 0 radical (unpaired) electrons. The smallest absolute Gasteiger partial charge is 0.273 e. The normalized spacial score (nSPS) is 15.7. The first-order valence-corrected chi connectivity index (χ1v) is 10.2. The molecule has 5 nitrogen and oxygen atoms in total. The number of hydrogen-bond acceptors (Lipinski definition) is 5. The lowest BCUT2D eigenvalue weighted by Gasteiger charge is -2.28. The third-order valence-electron chi connectivity index (χ3n) is 5.01. The van der Waals surface area contributed by atoms with Crippen molar-refractivity contribution in [1.82, 2.24) is 15.4 Å². The number of hydrogen-bond donors (Lipinski definition) is 1. The van der Waals surface area contributed by atoms with Crippen molar-refractivity contribution in [2.24, 2.45) is 0 Å². The number of benzene rings is 1. The average Bonchev–Trinajstić information content (AvgIpc) is 3.44. The van der Waals surface area contributed by atoms with Gasteiger partial charge in [-0.3, -0.25) is 9.69 Å². The number of nitrogens with zero attached hydrogens (tertiary/aromatic N) is 2. The molecule has 0 spiro atoms. The van der Waals surface area contributed by atoms with E-state index in [0.29, 0.717) is 18.0 Å². The van der Waals surface area contributed by atoms with E-state index in [2.05, 4.69) is 46.6 Å². The molecule has 140 valence electrons. The van der Waals surface area contributed by atoms with Gasteiger partial charge in [0.15, 0.2) is 11.5 Å². The molecule has 3 heterocycles. The minimum Gasteiger partial charge on any atom is -0.355 e. The van der Waals surface area contributed by atoms with Crippen LogP contribution in [0.2, 0.25) is 0 Å². The third-order valence-corrected chi connectivity index (χ3v) is 5.89. The number of aromatic nitrogens is 1. The van der Waals surface area contributed by atoms with Crippen LogP contribution in [0.4, 0.5) is 0 Å². The number of amides is 1. The molecule has 0 aliphatic carbocycles. The molecule has 6 heteroatoms. The maximum Gasteiger partial charge on any atom is 0.273 e. The highest BCUT2D eigenvalue weighted by Gasteiger charge is 2.24. The molecule has 1 atom stereocenters. The van der Waals surface area contributed by atoms with Gasteiger partial charge in [0.05, 0.1) is 10.9 Å². The summed E-state index contributed by atoms with van der Waals surface area (Å²) >= 11 is 1.56. The molecule has 1 saturated heterocycles. The summed E-state index contributed by atoms with van der Waals surface area (Å²) in [5, 5.41) is 8.96. The van der Waals surface area contributed by atoms with Crippen molar-refractivity contribution in [3.8, 4) is 10.6 Å². The van der Waals surface area contributed by atoms with Crippen LogP contribution in [0, 0.1) is 6.92 Å². The van der Waals surface area contributed by atoms with Crippen LogP contribution >= 0.6 is 11.3 Å². The Kier molecular flexibility index (Phi) is 5.36. The SMILES string of the molecule is Cc1ccc(C(CNC(=O)c2cc(-c3cccs3)on2)N2CCCC2)cc1. The van der Waals surface area contributed by atoms with E-state index >= 15 is 0 Å². The highest BCUT2D eigenvalue weighted by Crippen LogP contribution is 2.26. The number of aryl methyl sites for hydroxylation is 1. The van der Waals surface area contributed by atoms with Crippen LogP contribution in [-0.2, 0) is 0 Å². The summed E-state index contributed by atoms with van der Waals surface area (Å²) in [6.07, 6.45) is 2.42. The molecule has 1 N–H and O–H groups in total. The molecule has 1 fully saturated rings. The Morgan fingerprint density at radius 3 is 2.74 bits per heavy atom. The Labute approximate surface area is 163 Å². The average molecular weight is 382 g/mol. The van der Waals surface area contributed by atoms with Gasteiger partial charge >= 0.3 is 0 Å². The van der Waals surface area contributed by atoms with E-state index in [1.54, 1.807) is 17.4 Å². The predicted octanol–water partition coefficient (Wildman–Crippen LogP) is 4.28. The fourth-order valence-corrected chi connectivity index (χ4v) is 4.17. The maximum absolute atomic E-state index is 12.6. The quantitative estimate of drug-likeness (QED) is 0.692. The van der Waals surface area contributed by atoms with E-state index in [4.69, 9.17) is 4.52 Å². The lowest BCUT2D eigenvalue weighted by Crippen LogP contribution is -2.36. The highest BCUT2D eigenvalue weighted by molar-refractivity contribution is 7.13. The number of nitrogens with one attached hydrogen (secondary N) is 1. The first-order valence-electron chi connectivity index (χ1n) is 9.30. The van der Waals surface area contributed by atoms with Gasteiger partial charge in [-0.15, -0.1) is 11.3 Å². The van der Waals surface area contributed by atoms with Gasteiger partial charge in [0.25, 0.3) is 5.91 Å². The largest absolute Gasteiger partial charge is 0.355 e. The Morgan fingerprint density at radius 1 is 1.26 bits per heavy atom. The third kappa shape index (κ3) is 4.12. The van der Waals surface area contributed by atoms with Crippen LogP contribution in [0.1, 0.15) is 40.5 Å². The monoisotopic (exact) mass is 381 g/mol. The first-order chi connectivity index (χ1) is 13.2. The van der Waals surface area contributed by atoms with Gasteiger partial charge in [0, 0.05) is 12.6 Å². The number of likely N-dealkylation sites (tertiary alicyclic amines) is 1. The summed E-state index contributed by atoms with van der Waals surface area (Å²) in [7, 11) is 0. The molecule has 0 saturated carbocycles. The van der Waals surface area contributed by atoms with Crippen LogP contribution in [0.5, 0.6) is 0 Å². The first kappa shape index (κ1) is 17.9. The second-order valence-electron chi connectivity index (χ2n) is 6.93. The van der Waals surface area contributed by atoms with Crippen molar-refractivity contribution >= 4 is 17.2 Å². The van der Waals surface area contributed by atoms with Gasteiger partial charge in [0.2, 0.25) is 0 Å². The summed E-state index contributed by atoms with van der Waals surface area (Å²) < 4.78 is 5.32. The van der Waals surface area contributed by atoms with E-state index in [-0.39, 0.29) is 11.9 Å². The highest BCUT2D eigenvalue weighted by atomic mass is 32.1. The zero-order valence-corrected chi connectivity index (χ0v) is 16.2. The zero-order valence-electron chi connectivity index (χ0n) is 15.4. The fourth-order valence-electron chi connectivity index (χ4n) is 3.50. The second-order valence-corrected chi connectivity index (χ2v) is 7.88. The minimum absolute atomic E-state index is 0.181. The van der Waals surface area contributed by atoms with Crippen molar-refractivity contribution < 1.29 is 9.32 Å². The standard InChI is InChI=1S/C21H23N3O2S/c1-15-6-8-16(9-7-15)18(24-10-2-3-11-24)14-22-21(25)17-13-19(26-23-17)20-5-4-12-27-20/h4-9,12-13,18H,2-3,10-11,14H2,1H3,(H,22,25). The van der Waals surface area contributed by atoms with Gasteiger partial charge in [-0.05, 0) is 49.9 Å². The van der Waals surface area contributed by atoms with E-state index < -0.39 is 0 Å². The molecule has 1 amide bonds. The summed E-state index contributed by atoms with van der Waals surface area (Å²) in [5.41, 5.74) is 2.80. The molecule has 4 rings (SSSR count). The molecule has 1 unspecified atom stereocenters. The fraction of sp³-hybridized carbons (Fsp3) is 0.333. The lowest BCUT2D eigenvalue weighted by molar-refractivity contribution is 0.0929. The molecule has 1 aliphatic heterocycles. The topological polar surface area (TPSA) is 58.4 Å². The molecule has 1 aromatic carbocycles. The number of carbonyl (C=O) groups is 1. The molecular formula is C21H23N3O2S. The van der Waals surface area contributed by atoms with E-state index in [1.807, 2.05) is 17.5 Å². The number of rotatable bonds is 6. The van der Waals surface area contributed by atoms with Gasteiger partial charge in [-0.2, -0.15) is 0 Å². The molecular weight excluding hydrogens is 358 g/mol. The van der Waals surface area contributed by atoms with E-state index in [1.165, 1.54) is 24.0 Å². The zero-order chi connectivity index (χ0) is 18.6. The van der Waals surface area contributed by atoms with Gasteiger partial charge in [-0.25, -0.2) is 0 Å². The maximum atomic E-state index is 12.6. The minimum atomic E-state index is -0.196. The Balaban J connectivity index is 1.45. The molecule has 1 aliphatic rings. The molecule has 2 aromatic heterocycles. The number of thiophene rings is 1. The Hall–Kier alpha value is -2.44. The number of carbonyl (C=O) groups excluding carboxylic acids is 1. The molecule has 27 heavy (non-hydrogen) atoms. The van der Waals surface area contributed by atoms with Gasteiger partial charge < -0.3 is 9.84 Å². The van der Waals surface area contributed by atoms with E-state index in [0.717, 1.165) is 18.0 Å². The van der Waals surface area contributed by atoms with Crippen LogP contribution in [0.3, 0.4) is 0 Å². The Morgan fingerprint density at radius 2 is 2.04 bits per heavy atom. The van der Waals surface area contributed by atoms with Crippen molar-refractivity contribution in [2.45, 2.75) is 25.8 Å². The van der Waals surface area contributed by atoms with E-state index in [9.17, 15) is 4.79 Å². The van der Waals surface area contributed by atoms with Crippen molar-refractivity contribution in [3.63, 3.8) is 0 Å². The van der Waals surface area contributed by atoms with Crippen LogP contribution in [0.25, 0.3) is 10.6 Å². The molecule has 3 aromatic rings. The van der Waals surface area contributed by atoms with Crippen LogP contribution < -0.4 is 5.32 Å². The summed E-state index contributed by atoms with van der Waals surface area (Å²) in [6.45, 7) is 4.79. The predicted molar refractivity (Wildman–Crippen MR) is 107 cm³/mol. The van der Waals surface area contributed by atoms with Crippen molar-refractivity contribution in [3.05, 3.63) is 64.7 Å². The van der Waals surface area contributed by atoms with Crippen LogP contribution in [0.15, 0.2) is 52.4 Å². The Bertz CT molecular complexity index is 881. The van der Waals surface area contributed by atoms with Gasteiger partial charge in [-0.1, -0.05) is 41.1 Å². The van der Waals surface area contributed by atoms with Crippen molar-refractivity contribution in [1.29, 1.82) is 0 Å². The van der Waals surface area contributed by atoms with Crippen LogP contribution in [-0.4, -0.2) is 35.6 Å². The summed E-state index contributed by atoms with van der Waals surface area (Å²) in [5.74, 6) is 0.433. The van der Waals surface area contributed by atoms with Gasteiger partial charge in [0.1, 0.15) is 0 Å².